The van der Waals surface area contributed by atoms with Gasteiger partial charge in [-0.05, 0) is 55.0 Å². The van der Waals surface area contributed by atoms with Gasteiger partial charge in [0.1, 0.15) is 11.6 Å². The Hall–Kier alpha value is -2.96. The quantitative estimate of drug-likeness (QED) is 0.770. The van der Waals surface area contributed by atoms with Gasteiger partial charge in [0.25, 0.3) is 0 Å². The Morgan fingerprint density at radius 1 is 1.03 bits per heavy atom. The fraction of sp³-hybridized carbons (Fsp3) is 0.364. The van der Waals surface area contributed by atoms with Crippen LogP contribution in [0.3, 0.4) is 0 Å². The minimum Gasteiger partial charge on any atom is -0.356 e. The van der Waals surface area contributed by atoms with Crippen LogP contribution in [0, 0.1) is 17.6 Å². The third kappa shape index (κ3) is 6.27. The Labute approximate surface area is 169 Å². The van der Waals surface area contributed by atoms with Gasteiger partial charge < -0.3 is 15.5 Å². The average Bonchev–Trinajstić information content (AvgIpc) is 2.70. The van der Waals surface area contributed by atoms with Gasteiger partial charge in [-0.15, -0.1) is 0 Å². The van der Waals surface area contributed by atoms with Crippen LogP contribution in [0.1, 0.15) is 24.8 Å². The SMILES string of the molecule is O=C(Cc1cccc(F)c1)NCCC1CCN(C(=O)Nc2ccccc2F)CC1. The Bertz CT molecular complexity index is 851. The van der Waals surface area contributed by atoms with Crippen molar-refractivity contribution in [2.75, 3.05) is 25.0 Å². The summed E-state index contributed by atoms with van der Waals surface area (Å²) in [6, 6.07) is 11.8. The molecule has 1 heterocycles. The summed E-state index contributed by atoms with van der Waals surface area (Å²) in [6.07, 6.45) is 2.67. The lowest BCUT2D eigenvalue weighted by molar-refractivity contribution is -0.120. The normalized spacial score (nSPS) is 14.5. The fourth-order valence-electron chi connectivity index (χ4n) is 3.49. The molecule has 0 saturated carbocycles. The maximum Gasteiger partial charge on any atom is 0.321 e. The molecule has 7 heteroatoms. The number of benzene rings is 2. The number of nitrogens with one attached hydrogen (secondary N) is 2. The van der Waals surface area contributed by atoms with Crippen LogP contribution in [0.4, 0.5) is 19.3 Å². The van der Waals surface area contributed by atoms with Crippen LogP contribution in [-0.4, -0.2) is 36.5 Å². The van der Waals surface area contributed by atoms with Gasteiger partial charge in [-0.25, -0.2) is 13.6 Å². The maximum absolute atomic E-state index is 13.7. The van der Waals surface area contributed by atoms with Crippen molar-refractivity contribution in [2.45, 2.75) is 25.7 Å². The van der Waals surface area contributed by atoms with Crippen molar-refractivity contribution in [1.29, 1.82) is 0 Å². The van der Waals surface area contributed by atoms with E-state index in [9.17, 15) is 18.4 Å². The molecular weight excluding hydrogens is 376 g/mol. The highest BCUT2D eigenvalue weighted by molar-refractivity contribution is 5.89. The van der Waals surface area contributed by atoms with Gasteiger partial charge in [0.2, 0.25) is 5.91 Å². The number of hydrogen-bond donors (Lipinski definition) is 2. The summed E-state index contributed by atoms with van der Waals surface area (Å²) in [7, 11) is 0. The van der Waals surface area contributed by atoms with Crippen LogP contribution in [-0.2, 0) is 11.2 Å². The number of anilines is 1. The van der Waals surface area contributed by atoms with Crippen molar-refractivity contribution in [3.8, 4) is 0 Å². The first kappa shape index (κ1) is 20.8. The Morgan fingerprint density at radius 3 is 2.52 bits per heavy atom. The molecule has 3 rings (SSSR count). The third-order valence-corrected chi connectivity index (χ3v) is 5.15. The van der Waals surface area contributed by atoms with Crippen LogP contribution in [0.15, 0.2) is 48.5 Å². The van der Waals surface area contributed by atoms with Crippen LogP contribution >= 0.6 is 0 Å². The molecular formula is C22H25F2N3O2. The molecule has 0 radical (unpaired) electrons. The van der Waals surface area contributed by atoms with E-state index in [0.717, 1.165) is 19.3 Å². The summed E-state index contributed by atoms with van der Waals surface area (Å²) in [4.78, 5) is 26.0. The molecule has 0 aliphatic carbocycles. The molecule has 0 unspecified atom stereocenters. The van der Waals surface area contributed by atoms with Crippen LogP contribution < -0.4 is 10.6 Å². The predicted octanol–water partition coefficient (Wildman–Crippen LogP) is 3.96. The first-order chi connectivity index (χ1) is 14.0. The zero-order valence-corrected chi connectivity index (χ0v) is 16.2. The van der Waals surface area contributed by atoms with E-state index < -0.39 is 5.82 Å². The average molecular weight is 401 g/mol. The maximum atomic E-state index is 13.7. The monoisotopic (exact) mass is 401 g/mol. The molecule has 2 aromatic rings. The second-order valence-corrected chi connectivity index (χ2v) is 7.29. The minimum atomic E-state index is -0.454. The molecule has 0 bridgehead atoms. The number of rotatable bonds is 6. The molecule has 1 saturated heterocycles. The van der Waals surface area contributed by atoms with Crippen molar-refractivity contribution in [2.24, 2.45) is 5.92 Å². The lowest BCUT2D eigenvalue weighted by Gasteiger charge is -2.32. The van der Waals surface area contributed by atoms with Gasteiger partial charge in [0.05, 0.1) is 12.1 Å². The third-order valence-electron chi connectivity index (χ3n) is 5.15. The standard InChI is InChI=1S/C22H25F2N3O2/c23-18-5-3-4-17(14-18)15-21(28)25-11-8-16-9-12-27(13-10-16)22(29)26-20-7-2-1-6-19(20)24/h1-7,14,16H,8-13,15H2,(H,25,28)(H,26,29). The second-order valence-electron chi connectivity index (χ2n) is 7.29. The second kappa shape index (κ2) is 10.0. The van der Waals surface area contributed by atoms with E-state index >= 15 is 0 Å². The summed E-state index contributed by atoms with van der Waals surface area (Å²) in [5.74, 6) is -0.509. The number of amides is 3. The molecule has 1 fully saturated rings. The summed E-state index contributed by atoms with van der Waals surface area (Å²) in [5.41, 5.74) is 0.831. The number of hydrogen-bond acceptors (Lipinski definition) is 2. The van der Waals surface area contributed by atoms with Gasteiger partial charge in [-0.1, -0.05) is 24.3 Å². The highest BCUT2D eigenvalue weighted by atomic mass is 19.1. The van der Waals surface area contributed by atoms with E-state index in [1.165, 1.54) is 24.3 Å². The largest absolute Gasteiger partial charge is 0.356 e. The molecule has 0 aromatic heterocycles. The number of para-hydroxylation sites is 1. The Morgan fingerprint density at radius 2 is 1.79 bits per heavy atom. The number of halogens is 2. The van der Waals surface area contributed by atoms with E-state index in [0.29, 0.717) is 31.1 Å². The number of nitrogens with zero attached hydrogens (tertiary/aromatic N) is 1. The summed E-state index contributed by atoms with van der Waals surface area (Å²) in [6.45, 7) is 1.75. The molecule has 1 aliphatic rings. The van der Waals surface area contributed by atoms with Crippen molar-refractivity contribution < 1.29 is 18.4 Å². The first-order valence-electron chi connectivity index (χ1n) is 9.83. The number of likely N-dealkylation sites (tertiary alicyclic amines) is 1. The predicted molar refractivity (Wildman–Crippen MR) is 107 cm³/mol. The first-order valence-corrected chi connectivity index (χ1v) is 9.83. The van der Waals surface area contributed by atoms with Crippen LogP contribution in [0.25, 0.3) is 0 Å². The zero-order chi connectivity index (χ0) is 20.6. The number of urea groups is 1. The molecule has 5 nitrogen and oxygen atoms in total. The topological polar surface area (TPSA) is 61.4 Å². The van der Waals surface area contributed by atoms with Gasteiger partial charge in [-0.3, -0.25) is 4.79 Å². The van der Waals surface area contributed by atoms with E-state index in [4.69, 9.17) is 0 Å². The van der Waals surface area contributed by atoms with Gasteiger partial charge in [-0.2, -0.15) is 0 Å². The van der Waals surface area contributed by atoms with Crippen molar-refractivity contribution in [1.82, 2.24) is 10.2 Å². The van der Waals surface area contributed by atoms with Crippen molar-refractivity contribution in [3.05, 3.63) is 65.7 Å². The van der Waals surface area contributed by atoms with E-state index in [-0.39, 0.29) is 29.9 Å². The number of piperidine rings is 1. The molecule has 3 amide bonds. The van der Waals surface area contributed by atoms with E-state index in [2.05, 4.69) is 10.6 Å². The lowest BCUT2D eigenvalue weighted by atomic mass is 9.93. The van der Waals surface area contributed by atoms with Crippen LogP contribution in [0.2, 0.25) is 0 Å². The minimum absolute atomic E-state index is 0.127. The van der Waals surface area contributed by atoms with E-state index in [1.54, 1.807) is 29.2 Å². The van der Waals surface area contributed by atoms with Gasteiger partial charge >= 0.3 is 6.03 Å². The Balaban J connectivity index is 1.35. The lowest BCUT2D eigenvalue weighted by Crippen LogP contribution is -2.41. The summed E-state index contributed by atoms with van der Waals surface area (Å²) < 4.78 is 26.8. The molecule has 0 spiro atoms. The highest BCUT2D eigenvalue weighted by Gasteiger charge is 2.23. The fourth-order valence-corrected chi connectivity index (χ4v) is 3.49. The molecule has 2 N–H and O–H groups in total. The molecule has 29 heavy (non-hydrogen) atoms. The highest BCUT2D eigenvalue weighted by Crippen LogP contribution is 2.21. The summed E-state index contributed by atoms with van der Waals surface area (Å²) in [5, 5.41) is 5.48. The number of carbonyl (C=O) groups excluding carboxylic acids is 2. The van der Waals surface area contributed by atoms with Crippen LogP contribution in [0.5, 0.6) is 0 Å². The number of carbonyl (C=O) groups is 2. The van der Waals surface area contributed by atoms with Crippen molar-refractivity contribution >= 4 is 17.6 Å². The smallest absolute Gasteiger partial charge is 0.321 e. The van der Waals surface area contributed by atoms with Gasteiger partial charge in [0.15, 0.2) is 0 Å². The molecule has 1 aliphatic heterocycles. The zero-order valence-electron chi connectivity index (χ0n) is 16.2. The van der Waals surface area contributed by atoms with Gasteiger partial charge in [0, 0.05) is 19.6 Å². The summed E-state index contributed by atoms with van der Waals surface area (Å²) >= 11 is 0. The van der Waals surface area contributed by atoms with E-state index in [1.807, 2.05) is 0 Å². The molecule has 0 atom stereocenters. The molecule has 2 aromatic carbocycles. The van der Waals surface area contributed by atoms with Crippen molar-refractivity contribution in [3.63, 3.8) is 0 Å². The molecule has 154 valence electrons. The Kier molecular flexibility index (Phi) is 7.16.